The highest BCUT2D eigenvalue weighted by molar-refractivity contribution is 6.40. The van der Waals surface area contributed by atoms with Gasteiger partial charge in [-0.25, -0.2) is 5.48 Å². The lowest BCUT2D eigenvalue weighted by Gasteiger charge is -2.23. The van der Waals surface area contributed by atoms with Crippen molar-refractivity contribution >= 4 is 35.0 Å². The molecule has 2 aromatic carbocycles. The van der Waals surface area contributed by atoms with Crippen molar-refractivity contribution < 1.29 is 19.2 Å². The van der Waals surface area contributed by atoms with Crippen molar-refractivity contribution in [3.63, 3.8) is 0 Å². The predicted octanol–water partition coefficient (Wildman–Crippen LogP) is 1.83. The lowest BCUT2D eigenvalue weighted by molar-refractivity contribution is -0.149. The molecule has 1 aromatic heterocycles. The number of halogens is 1. The number of carbonyl (C=O) groups excluding carboxylic acids is 3. The molecule has 11 nitrogen and oxygen atoms in total. The maximum Gasteiger partial charge on any atom is 0.313 e. The first kappa shape index (κ1) is 24.8. The van der Waals surface area contributed by atoms with Crippen LogP contribution < -0.4 is 16.1 Å². The summed E-state index contributed by atoms with van der Waals surface area (Å²) in [6, 6.07) is 12.6. The van der Waals surface area contributed by atoms with Crippen LogP contribution in [0.5, 0.6) is 0 Å². The molecule has 1 heterocycles. The topological polar surface area (TPSA) is 140 Å². The molecule has 1 atom stereocenters. The number of benzene rings is 2. The Morgan fingerprint density at radius 3 is 2.47 bits per heavy atom. The molecule has 3 amide bonds. The quantitative estimate of drug-likeness (QED) is 0.342. The van der Waals surface area contributed by atoms with Gasteiger partial charge < -0.3 is 10.6 Å². The van der Waals surface area contributed by atoms with Gasteiger partial charge in [-0.15, -0.1) is 5.10 Å². The van der Waals surface area contributed by atoms with E-state index in [0.717, 1.165) is 5.56 Å². The molecule has 0 aliphatic carbocycles. The smallest absolute Gasteiger partial charge is 0.313 e. The van der Waals surface area contributed by atoms with E-state index in [-0.39, 0.29) is 12.1 Å². The van der Waals surface area contributed by atoms with Gasteiger partial charge >= 0.3 is 11.8 Å². The lowest BCUT2D eigenvalue weighted by Crippen LogP contribution is -2.51. The van der Waals surface area contributed by atoms with Crippen molar-refractivity contribution in [1.82, 2.24) is 31.0 Å². The standard InChI is InChI=1S/C22H24ClN7O4/c1-22(2,3)34-27-19(31)17(11-14-7-5-4-6-8-14)26-21(33)20(32)25-16-12-15(23)9-10-18(16)30-13-24-28-29-30/h4-10,12-13,17H,11H2,1-3H3,(H,25,32)(H,26,33)(H,27,31)/t17-/m0/s1. The zero-order valence-corrected chi connectivity index (χ0v) is 19.5. The number of rotatable bonds is 7. The largest absolute Gasteiger partial charge is 0.336 e. The van der Waals surface area contributed by atoms with Crippen LogP contribution in [-0.4, -0.2) is 49.6 Å². The van der Waals surface area contributed by atoms with E-state index in [2.05, 4.69) is 31.6 Å². The number of hydroxylamine groups is 1. The molecule has 178 valence electrons. The van der Waals surface area contributed by atoms with Gasteiger partial charge in [0.2, 0.25) is 0 Å². The molecule has 0 spiro atoms. The van der Waals surface area contributed by atoms with Crippen molar-refractivity contribution in [2.45, 2.75) is 38.8 Å². The molecule has 0 saturated heterocycles. The number of aromatic nitrogens is 4. The molecule has 0 bridgehead atoms. The van der Waals surface area contributed by atoms with E-state index in [1.807, 2.05) is 30.3 Å². The number of tetrazole rings is 1. The SMILES string of the molecule is CC(C)(C)ONC(=O)[C@H](Cc1ccccc1)NC(=O)C(=O)Nc1cc(Cl)ccc1-n1cnnn1. The highest BCUT2D eigenvalue weighted by atomic mass is 35.5. The number of hydrogen-bond donors (Lipinski definition) is 3. The third-order valence-electron chi connectivity index (χ3n) is 4.37. The minimum Gasteiger partial charge on any atom is -0.336 e. The van der Waals surface area contributed by atoms with Gasteiger partial charge in [0.1, 0.15) is 12.4 Å². The normalized spacial score (nSPS) is 12.0. The Morgan fingerprint density at radius 2 is 1.82 bits per heavy atom. The van der Waals surface area contributed by atoms with E-state index >= 15 is 0 Å². The molecule has 0 unspecified atom stereocenters. The predicted molar refractivity (Wildman–Crippen MR) is 124 cm³/mol. The number of carbonyl (C=O) groups is 3. The van der Waals surface area contributed by atoms with Crippen LogP contribution in [0.15, 0.2) is 54.9 Å². The van der Waals surface area contributed by atoms with Crippen LogP contribution in [0.4, 0.5) is 5.69 Å². The first-order valence-electron chi connectivity index (χ1n) is 10.3. The van der Waals surface area contributed by atoms with Gasteiger partial charge in [0.05, 0.1) is 17.0 Å². The van der Waals surface area contributed by atoms with Gasteiger partial charge in [0, 0.05) is 11.4 Å². The van der Waals surface area contributed by atoms with E-state index in [0.29, 0.717) is 10.7 Å². The van der Waals surface area contributed by atoms with Gasteiger partial charge in [-0.2, -0.15) is 4.68 Å². The van der Waals surface area contributed by atoms with Crippen molar-refractivity contribution in [1.29, 1.82) is 0 Å². The second-order valence-corrected chi connectivity index (χ2v) is 8.70. The molecule has 0 saturated carbocycles. The number of nitrogens with one attached hydrogen (secondary N) is 3. The summed E-state index contributed by atoms with van der Waals surface area (Å²) in [5, 5.41) is 16.2. The van der Waals surface area contributed by atoms with E-state index in [1.165, 1.54) is 17.1 Å². The van der Waals surface area contributed by atoms with E-state index in [4.69, 9.17) is 16.4 Å². The third kappa shape index (κ3) is 7.09. The van der Waals surface area contributed by atoms with E-state index < -0.39 is 29.4 Å². The fourth-order valence-corrected chi connectivity index (χ4v) is 2.99. The Bertz CT molecular complexity index is 1150. The molecule has 0 aliphatic rings. The number of amides is 3. The summed E-state index contributed by atoms with van der Waals surface area (Å²) in [5.41, 5.74) is 3.09. The average Bonchev–Trinajstić information content (AvgIpc) is 3.32. The summed E-state index contributed by atoms with van der Waals surface area (Å²) in [6.45, 7) is 5.29. The molecule has 0 fully saturated rings. The van der Waals surface area contributed by atoms with Crippen molar-refractivity contribution in [3.05, 3.63) is 65.4 Å². The van der Waals surface area contributed by atoms with Gasteiger partial charge in [0.15, 0.2) is 0 Å². The lowest BCUT2D eigenvalue weighted by atomic mass is 10.1. The Balaban J connectivity index is 1.75. The average molecular weight is 486 g/mol. The number of nitrogens with zero attached hydrogens (tertiary/aromatic N) is 4. The molecule has 0 radical (unpaired) electrons. The van der Waals surface area contributed by atoms with Crippen LogP contribution in [0.2, 0.25) is 5.02 Å². The third-order valence-corrected chi connectivity index (χ3v) is 4.61. The molecule has 3 N–H and O–H groups in total. The summed E-state index contributed by atoms with van der Waals surface area (Å²) < 4.78 is 1.30. The summed E-state index contributed by atoms with van der Waals surface area (Å²) in [4.78, 5) is 43.5. The molecule has 34 heavy (non-hydrogen) atoms. The first-order valence-corrected chi connectivity index (χ1v) is 10.7. The van der Waals surface area contributed by atoms with Gasteiger partial charge in [-0.3, -0.25) is 19.2 Å². The maximum absolute atomic E-state index is 12.7. The Labute approximate surface area is 200 Å². The molecular weight excluding hydrogens is 462 g/mol. The molecule has 12 heteroatoms. The van der Waals surface area contributed by atoms with Crippen LogP contribution >= 0.6 is 11.6 Å². The van der Waals surface area contributed by atoms with Crippen molar-refractivity contribution in [3.8, 4) is 5.69 Å². The summed E-state index contributed by atoms with van der Waals surface area (Å²) in [5.74, 6) is -2.62. The Morgan fingerprint density at radius 1 is 1.09 bits per heavy atom. The molecular formula is C22H24ClN7O4. The minimum atomic E-state index is -1.07. The summed E-state index contributed by atoms with van der Waals surface area (Å²) in [7, 11) is 0. The van der Waals surface area contributed by atoms with Gasteiger partial charge in [-0.1, -0.05) is 41.9 Å². The first-order chi connectivity index (χ1) is 16.1. The van der Waals surface area contributed by atoms with Crippen molar-refractivity contribution in [2.75, 3.05) is 5.32 Å². The minimum absolute atomic E-state index is 0.145. The Hall–Kier alpha value is -3.83. The fourth-order valence-electron chi connectivity index (χ4n) is 2.82. The van der Waals surface area contributed by atoms with Gasteiger partial charge in [-0.05, 0) is 55.0 Å². The monoisotopic (exact) mass is 485 g/mol. The maximum atomic E-state index is 12.7. The molecule has 0 aliphatic heterocycles. The highest BCUT2D eigenvalue weighted by Crippen LogP contribution is 2.23. The van der Waals surface area contributed by atoms with Crippen LogP contribution in [0.3, 0.4) is 0 Å². The number of anilines is 1. The van der Waals surface area contributed by atoms with Crippen LogP contribution in [0, 0.1) is 0 Å². The molecule has 3 rings (SSSR count). The van der Waals surface area contributed by atoms with Crippen LogP contribution in [-0.2, 0) is 25.6 Å². The Kier molecular flexibility index (Phi) is 7.92. The van der Waals surface area contributed by atoms with Crippen molar-refractivity contribution in [2.24, 2.45) is 0 Å². The van der Waals surface area contributed by atoms with Crippen LogP contribution in [0.25, 0.3) is 5.69 Å². The zero-order chi connectivity index (χ0) is 24.7. The van der Waals surface area contributed by atoms with E-state index in [1.54, 1.807) is 32.9 Å². The molecule has 3 aromatic rings. The summed E-state index contributed by atoms with van der Waals surface area (Å²) >= 11 is 6.05. The van der Waals surface area contributed by atoms with Gasteiger partial charge in [0.25, 0.3) is 5.91 Å². The zero-order valence-electron chi connectivity index (χ0n) is 18.8. The second kappa shape index (κ2) is 10.9. The van der Waals surface area contributed by atoms with Crippen LogP contribution in [0.1, 0.15) is 26.3 Å². The number of hydrogen-bond acceptors (Lipinski definition) is 7. The van der Waals surface area contributed by atoms with E-state index in [9.17, 15) is 14.4 Å². The fraction of sp³-hybridized carbons (Fsp3) is 0.273. The highest BCUT2D eigenvalue weighted by Gasteiger charge is 2.27. The summed E-state index contributed by atoms with van der Waals surface area (Å²) in [6.07, 6.45) is 1.47. The second-order valence-electron chi connectivity index (χ2n) is 8.27.